The predicted molar refractivity (Wildman–Crippen MR) is 77.2 cm³/mol. The second kappa shape index (κ2) is 5.78. The SMILES string of the molecule is Cc1cc(Cl)nc(CSc2cc(Cl)ccc2N)n1. The highest BCUT2D eigenvalue weighted by molar-refractivity contribution is 7.98. The van der Waals surface area contributed by atoms with Crippen LogP contribution < -0.4 is 5.73 Å². The molecule has 94 valence electrons. The molecule has 0 aliphatic rings. The molecule has 3 nitrogen and oxygen atoms in total. The number of nitrogens with zero attached hydrogens (tertiary/aromatic N) is 2. The van der Waals surface area contributed by atoms with E-state index in [2.05, 4.69) is 9.97 Å². The molecule has 0 spiro atoms. The molecule has 0 bridgehead atoms. The van der Waals surface area contributed by atoms with Gasteiger partial charge in [0.15, 0.2) is 0 Å². The fraction of sp³-hybridized carbons (Fsp3) is 0.167. The third-order valence-corrected chi connectivity index (χ3v) is 3.70. The van der Waals surface area contributed by atoms with Crippen molar-refractivity contribution in [3.8, 4) is 0 Å². The molecule has 0 atom stereocenters. The van der Waals surface area contributed by atoms with Gasteiger partial charge in [-0.05, 0) is 31.2 Å². The van der Waals surface area contributed by atoms with Crippen LogP contribution in [0.15, 0.2) is 29.2 Å². The van der Waals surface area contributed by atoms with E-state index in [0.717, 1.165) is 10.6 Å². The van der Waals surface area contributed by atoms with Gasteiger partial charge in [0, 0.05) is 21.3 Å². The quantitative estimate of drug-likeness (QED) is 0.529. The fourth-order valence-electron chi connectivity index (χ4n) is 1.43. The minimum Gasteiger partial charge on any atom is -0.398 e. The summed E-state index contributed by atoms with van der Waals surface area (Å²) in [6, 6.07) is 7.11. The normalized spacial score (nSPS) is 10.6. The average molecular weight is 300 g/mol. The molecule has 0 aliphatic heterocycles. The van der Waals surface area contributed by atoms with Crippen molar-refractivity contribution in [3.63, 3.8) is 0 Å². The van der Waals surface area contributed by atoms with Gasteiger partial charge in [-0.15, -0.1) is 11.8 Å². The number of nitrogens with two attached hydrogens (primary N) is 1. The second-order valence-corrected chi connectivity index (χ2v) is 5.56. The van der Waals surface area contributed by atoms with Crippen LogP contribution in [0.2, 0.25) is 10.2 Å². The van der Waals surface area contributed by atoms with Gasteiger partial charge in [-0.25, -0.2) is 9.97 Å². The molecule has 2 rings (SSSR count). The molecule has 0 saturated heterocycles. The maximum absolute atomic E-state index is 5.93. The van der Waals surface area contributed by atoms with Gasteiger partial charge in [0.05, 0.1) is 5.75 Å². The summed E-state index contributed by atoms with van der Waals surface area (Å²) >= 11 is 13.3. The number of anilines is 1. The molecule has 1 heterocycles. The average Bonchev–Trinajstić information content (AvgIpc) is 2.29. The number of nitrogen functional groups attached to an aromatic ring is 1. The van der Waals surface area contributed by atoms with Gasteiger partial charge in [0.2, 0.25) is 0 Å². The molecule has 1 aromatic carbocycles. The number of halogens is 2. The molecule has 18 heavy (non-hydrogen) atoms. The minimum atomic E-state index is 0.456. The molecule has 0 saturated carbocycles. The lowest BCUT2D eigenvalue weighted by atomic mass is 10.3. The number of aryl methyl sites for hydroxylation is 1. The monoisotopic (exact) mass is 299 g/mol. The first kappa shape index (κ1) is 13.5. The topological polar surface area (TPSA) is 51.8 Å². The summed E-state index contributed by atoms with van der Waals surface area (Å²) in [5.41, 5.74) is 7.42. The van der Waals surface area contributed by atoms with Crippen molar-refractivity contribution in [2.24, 2.45) is 0 Å². The third-order valence-electron chi connectivity index (χ3n) is 2.20. The van der Waals surface area contributed by atoms with Gasteiger partial charge >= 0.3 is 0 Å². The summed E-state index contributed by atoms with van der Waals surface area (Å²) in [4.78, 5) is 9.39. The van der Waals surface area contributed by atoms with E-state index >= 15 is 0 Å². The lowest BCUT2D eigenvalue weighted by Gasteiger charge is -2.06. The first-order valence-corrected chi connectivity index (χ1v) is 6.96. The first-order valence-electron chi connectivity index (χ1n) is 5.22. The molecule has 2 N–H and O–H groups in total. The summed E-state index contributed by atoms with van der Waals surface area (Å²) < 4.78 is 0. The van der Waals surface area contributed by atoms with Gasteiger partial charge < -0.3 is 5.73 Å². The maximum Gasteiger partial charge on any atom is 0.140 e. The zero-order valence-electron chi connectivity index (χ0n) is 9.65. The largest absolute Gasteiger partial charge is 0.398 e. The van der Waals surface area contributed by atoms with Crippen LogP contribution in [0.25, 0.3) is 0 Å². The van der Waals surface area contributed by atoms with Crippen LogP contribution in [0.4, 0.5) is 5.69 Å². The van der Waals surface area contributed by atoms with Crippen LogP contribution in [0.3, 0.4) is 0 Å². The maximum atomic E-state index is 5.93. The highest BCUT2D eigenvalue weighted by atomic mass is 35.5. The van der Waals surface area contributed by atoms with E-state index in [1.54, 1.807) is 18.2 Å². The van der Waals surface area contributed by atoms with Crippen molar-refractivity contribution in [1.82, 2.24) is 9.97 Å². The van der Waals surface area contributed by atoms with Crippen LogP contribution in [0.1, 0.15) is 11.5 Å². The van der Waals surface area contributed by atoms with Crippen LogP contribution in [-0.2, 0) is 5.75 Å². The van der Waals surface area contributed by atoms with E-state index in [-0.39, 0.29) is 0 Å². The van der Waals surface area contributed by atoms with Gasteiger partial charge in [0.25, 0.3) is 0 Å². The molecular weight excluding hydrogens is 289 g/mol. The zero-order valence-corrected chi connectivity index (χ0v) is 12.0. The fourth-order valence-corrected chi connectivity index (χ4v) is 2.78. The molecule has 6 heteroatoms. The number of rotatable bonds is 3. The van der Waals surface area contributed by atoms with Crippen molar-refractivity contribution in [1.29, 1.82) is 0 Å². The highest BCUT2D eigenvalue weighted by Crippen LogP contribution is 2.30. The molecule has 0 amide bonds. The van der Waals surface area contributed by atoms with E-state index in [1.165, 1.54) is 11.8 Å². The lowest BCUT2D eigenvalue weighted by molar-refractivity contribution is 0.996. The number of thioether (sulfide) groups is 1. The van der Waals surface area contributed by atoms with Gasteiger partial charge in [-0.3, -0.25) is 0 Å². The Hall–Kier alpha value is -0.970. The van der Waals surface area contributed by atoms with Gasteiger partial charge in [-0.2, -0.15) is 0 Å². The number of benzene rings is 1. The van der Waals surface area contributed by atoms with Crippen molar-refractivity contribution in [2.75, 3.05) is 5.73 Å². The standard InChI is InChI=1S/C12H11Cl2N3S/c1-7-4-11(14)17-12(16-7)6-18-10-5-8(13)2-3-9(10)15/h2-5H,6,15H2,1H3. The van der Waals surface area contributed by atoms with Crippen LogP contribution >= 0.6 is 35.0 Å². The molecule has 1 aromatic heterocycles. The van der Waals surface area contributed by atoms with E-state index in [0.29, 0.717) is 27.4 Å². The van der Waals surface area contributed by atoms with Crippen LogP contribution in [0, 0.1) is 6.92 Å². The Labute approximate surface area is 120 Å². The number of hydrogen-bond acceptors (Lipinski definition) is 4. The zero-order chi connectivity index (χ0) is 13.1. The summed E-state index contributed by atoms with van der Waals surface area (Å²) in [5, 5.41) is 1.12. The van der Waals surface area contributed by atoms with Crippen molar-refractivity contribution in [3.05, 3.63) is 46.0 Å². The smallest absolute Gasteiger partial charge is 0.140 e. The Bertz CT molecular complexity index is 555. The first-order chi connectivity index (χ1) is 8.54. The minimum absolute atomic E-state index is 0.456. The third kappa shape index (κ3) is 3.51. The lowest BCUT2D eigenvalue weighted by Crippen LogP contribution is -1.96. The summed E-state index contributed by atoms with van der Waals surface area (Å²) in [5.74, 6) is 1.29. The molecule has 0 radical (unpaired) electrons. The Morgan fingerprint density at radius 3 is 2.72 bits per heavy atom. The van der Waals surface area contributed by atoms with Crippen LogP contribution in [-0.4, -0.2) is 9.97 Å². The second-order valence-electron chi connectivity index (χ2n) is 3.72. The van der Waals surface area contributed by atoms with Crippen molar-refractivity contribution in [2.45, 2.75) is 17.6 Å². The van der Waals surface area contributed by atoms with Crippen molar-refractivity contribution >= 4 is 40.7 Å². The molecule has 0 fully saturated rings. The number of aromatic nitrogens is 2. The Kier molecular flexibility index (Phi) is 4.32. The Balaban J connectivity index is 2.13. The van der Waals surface area contributed by atoms with E-state index < -0.39 is 0 Å². The van der Waals surface area contributed by atoms with E-state index in [1.807, 2.05) is 13.0 Å². The van der Waals surface area contributed by atoms with Gasteiger partial charge in [0.1, 0.15) is 11.0 Å². The van der Waals surface area contributed by atoms with E-state index in [9.17, 15) is 0 Å². The molecule has 0 aliphatic carbocycles. The van der Waals surface area contributed by atoms with E-state index in [4.69, 9.17) is 28.9 Å². The Morgan fingerprint density at radius 1 is 1.22 bits per heavy atom. The highest BCUT2D eigenvalue weighted by Gasteiger charge is 2.05. The molecular formula is C12H11Cl2N3S. The summed E-state index contributed by atoms with van der Waals surface area (Å²) in [6.45, 7) is 1.88. The summed E-state index contributed by atoms with van der Waals surface area (Å²) in [7, 11) is 0. The molecule has 0 unspecified atom stereocenters. The molecule has 2 aromatic rings. The summed E-state index contributed by atoms with van der Waals surface area (Å²) in [6.07, 6.45) is 0. The number of hydrogen-bond donors (Lipinski definition) is 1. The van der Waals surface area contributed by atoms with Crippen molar-refractivity contribution < 1.29 is 0 Å². The Morgan fingerprint density at radius 2 is 2.00 bits per heavy atom. The van der Waals surface area contributed by atoms with Gasteiger partial charge in [-0.1, -0.05) is 23.2 Å². The predicted octanol–water partition coefficient (Wildman–Crippen LogP) is 3.97. The van der Waals surface area contributed by atoms with Crippen LogP contribution in [0.5, 0.6) is 0 Å².